The van der Waals surface area contributed by atoms with Crippen molar-refractivity contribution in [2.45, 2.75) is 20.0 Å². The summed E-state index contributed by atoms with van der Waals surface area (Å²) in [5.74, 6) is 2.04. The molecule has 0 aliphatic carbocycles. The topological polar surface area (TPSA) is 64.3 Å². The van der Waals surface area contributed by atoms with Gasteiger partial charge in [0.05, 0.1) is 6.61 Å². The van der Waals surface area contributed by atoms with Gasteiger partial charge in [-0.25, -0.2) is 4.98 Å². The van der Waals surface area contributed by atoms with E-state index in [0.29, 0.717) is 18.3 Å². The standard InChI is InChI=1S/C19H20N4O2/c1-13-5-3-4-6-16(13)17-12-23(9-10-24-17)18-11-15(7-8-20-18)19-21-14(2)22-25-19/h3-8,11,17H,9-10,12H2,1-2H3. The van der Waals surface area contributed by atoms with Gasteiger partial charge in [-0.1, -0.05) is 29.4 Å². The van der Waals surface area contributed by atoms with E-state index in [1.807, 2.05) is 19.1 Å². The second-order valence-electron chi connectivity index (χ2n) is 6.21. The second kappa shape index (κ2) is 6.64. The number of aryl methyl sites for hydroxylation is 2. The van der Waals surface area contributed by atoms with Gasteiger partial charge in [0.15, 0.2) is 5.82 Å². The number of hydrogen-bond donors (Lipinski definition) is 0. The Morgan fingerprint density at radius 3 is 2.84 bits per heavy atom. The van der Waals surface area contributed by atoms with E-state index in [2.05, 4.69) is 51.2 Å². The first-order valence-electron chi connectivity index (χ1n) is 8.39. The van der Waals surface area contributed by atoms with Gasteiger partial charge in [0.25, 0.3) is 5.89 Å². The summed E-state index contributed by atoms with van der Waals surface area (Å²) < 4.78 is 11.3. The summed E-state index contributed by atoms with van der Waals surface area (Å²) in [6.07, 6.45) is 1.83. The Morgan fingerprint density at radius 1 is 1.16 bits per heavy atom. The number of morpholine rings is 1. The smallest absolute Gasteiger partial charge is 0.258 e. The Bertz CT molecular complexity index is 877. The molecular weight excluding hydrogens is 316 g/mol. The number of ether oxygens (including phenoxy) is 1. The fourth-order valence-electron chi connectivity index (χ4n) is 3.13. The molecule has 1 aliphatic heterocycles. The lowest BCUT2D eigenvalue weighted by Gasteiger charge is -2.34. The third-order valence-electron chi connectivity index (χ3n) is 4.45. The predicted octanol–water partition coefficient (Wildman–Crippen LogP) is 3.33. The summed E-state index contributed by atoms with van der Waals surface area (Å²) in [6.45, 7) is 6.18. The van der Waals surface area contributed by atoms with Crippen molar-refractivity contribution in [2.24, 2.45) is 0 Å². The Hall–Kier alpha value is -2.73. The first-order valence-corrected chi connectivity index (χ1v) is 8.39. The highest BCUT2D eigenvalue weighted by Crippen LogP contribution is 2.28. The summed E-state index contributed by atoms with van der Waals surface area (Å²) in [4.78, 5) is 11.1. The molecule has 1 aliphatic rings. The zero-order valence-corrected chi connectivity index (χ0v) is 14.3. The Kier molecular flexibility index (Phi) is 4.19. The lowest BCUT2D eigenvalue weighted by Crippen LogP contribution is -2.39. The highest BCUT2D eigenvalue weighted by molar-refractivity contribution is 5.58. The number of benzene rings is 1. The summed E-state index contributed by atoms with van der Waals surface area (Å²) in [6, 6.07) is 12.2. The monoisotopic (exact) mass is 336 g/mol. The molecule has 2 aromatic heterocycles. The van der Waals surface area contributed by atoms with Crippen LogP contribution in [-0.4, -0.2) is 34.8 Å². The fourth-order valence-corrected chi connectivity index (χ4v) is 3.13. The van der Waals surface area contributed by atoms with Crippen molar-refractivity contribution in [2.75, 3.05) is 24.6 Å². The van der Waals surface area contributed by atoms with Crippen LogP contribution in [0.4, 0.5) is 5.82 Å². The van der Waals surface area contributed by atoms with E-state index < -0.39 is 0 Å². The first-order chi connectivity index (χ1) is 12.2. The molecule has 0 saturated carbocycles. The molecular formula is C19H20N4O2. The third-order valence-corrected chi connectivity index (χ3v) is 4.45. The van der Waals surface area contributed by atoms with Crippen LogP contribution in [0.15, 0.2) is 47.1 Å². The molecule has 6 nitrogen and oxygen atoms in total. The number of aromatic nitrogens is 3. The number of hydrogen-bond acceptors (Lipinski definition) is 6. The minimum atomic E-state index is 0.0473. The number of rotatable bonds is 3. The SMILES string of the molecule is Cc1noc(-c2ccnc(N3CCOC(c4ccccc4C)C3)c2)n1. The molecule has 0 N–H and O–H groups in total. The molecule has 6 heteroatoms. The molecule has 0 radical (unpaired) electrons. The third kappa shape index (κ3) is 3.25. The summed E-state index contributed by atoms with van der Waals surface area (Å²) in [7, 11) is 0. The van der Waals surface area contributed by atoms with Crippen LogP contribution in [0.5, 0.6) is 0 Å². The minimum absolute atomic E-state index is 0.0473. The van der Waals surface area contributed by atoms with Crippen molar-refractivity contribution in [1.29, 1.82) is 0 Å². The number of nitrogens with zero attached hydrogens (tertiary/aromatic N) is 4. The van der Waals surface area contributed by atoms with Crippen LogP contribution in [-0.2, 0) is 4.74 Å². The van der Waals surface area contributed by atoms with Crippen LogP contribution in [0.3, 0.4) is 0 Å². The van der Waals surface area contributed by atoms with Crippen LogP contribution >= 0.6 is 0 Å². The molecule has 1 fully saturated rings. The van der Waals surface area contributed by atoms with E-state index in [0.717, 1.165) is 24.5 Å². The van der Waals surface area contributed by atoms with E-state index in [9.17, 15) is 0 Å². The second-order valence-corrected chi connectivity index (χ2v) is 6.21. The highest BCUT2D eigenvalue weighted by atomic mass is 16.5. The van der Waals surface area contributed by atoms with Crippen molar-refractivity contribution in [3.8, 4) is 11.5 Å². The molecule has 1 aromatic carbocycles. The van der Waals surface area contributed by atoms with Gasteiger partial charge in [-0.05, 0) is 37.1 Å². The maximum atomic E-state index is 6.00. The van der Waals surface area contributed by atoms with Crippen molar-refractivity contribution < 1.29 is 9.26 Å². The average molecular weight is 336 g/mol. The lowest BCUT2D eigenvalue weighted by atomic mass is 10.0. The number of anilines is 1. The van der Waals surface area contributed by atoms with Crippen LogP contribution in [0.1, 0.15) is 23.1 Å². The normalized spacial score (nSPS) is 17.7. The van der Waals surface area contributed by atoms with Gasteiger partial charge in [0.2, 0.25) is 0 Å². The maximum absolute atomic E-state index is 6.00. The van der Waals surface area contributed by atoms with Gasteiger partial charge < -0.3 is 14.2 Å². The summed E-state index contributed by atoms with van der Waals surface area (Å²) in [5, 5.41) is 3.86. The van der Waals surface area contributed by atoms with Gasteiger partial charge in [-0.15, -0.1) is 0 Å². The van der Waals surface area contributed by atoms with Crippen molar-refractivity contribution in [3.05, 3.63) is 59.5 Å². The zero-order valence-electron chi connectivity index (χ0n) is 14.3. The Morgan fingerprint density at radius 2 is 2.04 bits per heavy atom. The highest BCUT2D eigenvalue weighted by Gasteiger charge is 2.24. The first kappa shape index (κ1) is 15.8. The number of pyridine rings is 1. The molecule has 0 spiro atoms. The minimum Gasteiger partial charge on any atom is -0.370 e. The van der Waals surface area contributed by atoms with Gasteiger partial charge in [0.1, 0.15) is 11.9 Å². The molecule has 1 saturated heterocycles. The van der Waals surface area contributed by atoms with Crippen molar-refractivity contribution >= 4 is 5.82 Å². The van der Waals surface area contributed by atoms with E-state index in [1.165, 1.54) is 11.1 Å². The largest absolute Gasteiger partial charge is 0.370 e. The molecule has 1 atom stereocenters. The molecule has 25 heavy (non-hydrogen) atoms. The van der Waals surface area contributed by atoms with Gasteiger partial charge in [-0.2, -0.15) is 4.98 Å². The molecule has 3 aromatic rings. The van der Waals surface area contributed by atoms with Crippen LogP contribution in [0.25, 0.3) is 11.5 Å². The van der Waals surface area contributed by atoms with Gasteiger partial charge in [0, 0.05) is 24.8 Å². The fraction of sp³-hybridized carbons (Fsp3) is 0.316. The van der Waals surface area contributed by atoms with Crippen LogP contribution < -0.4 is 4.90 Å². The van der Waals surface area contributed by atoms with E-state index in [-0.39, 0.29) is 6.10 Å². The van der Waals surface area contributed by atoms with E-state index >= 15 is 0 Å². The molecule has 0 amide bonds. The van der Waals surface area contributed by atoms with Crippen molar-refractivity contribution in [3.63, 3.8) is 0 Å². The zero-order chi connectivity index (χ0) is 17.2. The molecule has 0 bridgehead atoms. The molecule has 1 unspecified atom stereocenters. The van der Waals surface area contributed by atoms with E-state index in [1.54, 1.807) is 6.20 Å². The van der Waals surface area contributed by atoms with Gasteiger partial charge in [-0.3, -0.25) is 0 Å². The Labute approximate surface area is 146 Å². The Balaban J connectivity index is 1.58. The van der Waals surface area contributed by atoms with Gasteiger partial charge >= 0.3 is 0 Å². The maximum Gasteiger partial charge on any atom is 0.258 e. The molecule has 4 rings (SSSR count). The van der Waals surface area contributed by atoms with Crippen molar-refractivity contribution in [1.82, 2.24) is 15.1 Å². The van der Waals surface area contributed by atoms with E-state index in [4.69, 9.17) is 9.26 Å². The summed E-state index contributed by atoms with van der Waals surface area (Å²) >= 11 is 0. The van der Waals surface area contributed by atoms with Crippen LogP contribution in [0, 0.1) is 13.8 Å². The predicted molar refractivity (Wildman–Crippen MR) is 94.4 cm³/mol. The summed E-state index contributed by atoms with van der Waals surface area (Å²) in [5.41, 5.74) is 3.36. The van der Waals surface area contributed by atoms with Crippen LogP contribution in [0.2, 0.25) is 0 Å². The lowest BCUT2D eigenvalue weighted by molar-refractivity contribution is 0.0391. The molecule has 128 valence electrons. The average Bonchev–Trinajstić information content (AvgIpc) is 3.09. The molecule has 3 heterocycles. The quantitative estimate of drug-likeness (QED) is 0.731.